The van der Waals surface area contributed by atoms with E-state index < -0.39 is 0 Å². The lowest BCUT2D eigenvalue weighted by atomic mass is 9.96. The number of rotatable bonds is 3. The Bertz CT molecular complexity index is 1480. The van der Waals surface area contributed by atoms with Crippen molar-refractivity contribution in [2.24, 2.45) is 0 Å². The molecule has 6 nitrogen and oxygen atoms in total. The van der Waals surface area contributed by atoms with Gasteiger partial charge in [-0.15, -0.1) is 0 Å². The number of carbonyl (C=O) groups is 2. The SMILES string of the molecule is C=C1SC(=O)N(c2ccc3cc(-c4cc5c(c(-c6cccnc6)c4)OCO5)ccc3c2)C1=O. The second-order valence-corrected chi connectivity index (χ2v) is 8.72. The maximum absolute atomic E-state index is 12.3. The van der Waals surface area contributed by atoms with Gasteiger partial charge in [0.05, 0.1) is 10.6 Å². The molecule has 0 spiro atoms. The van der Waals surface area contributed by atoms with E-state index in [0.717, 1.165) is 50.5 Å². The highest BCUT2D eigenvalue weighted by Gasteiger charge is 2.35. The largest absolute Gasteiger partial charge is 0.454 e. The van der Waals surface area contributed by atoms with Crippen molar-refractivity contribution in [2.45, 2.75) is 0 Å². The Balaban J connectivity index is 1.42. The van der Waals surface area contributed by atoms with E-state index in [1.54, 1.807) is 18.5 Å². The first-order valence-electron chi connectivity index (χ1n) is 10.2. The van der Waals surface area contributed by atoms with Crippen molar-refractivity contribution >= 4 is 39.4 Å². The minimum atomic E-state index is -0.371. The molecule has 0 saturated carbocycles. The third-order valence-electron chi connectivity index (χ3n) is 5.70. The molecule has 2 aliphatic heterocycles. The van der Waals surface area contributed by atoms with Gasteiger partial charge >= 0.3 is 0 Å². The van der Waals surface area contributed by atoms with Crippen LogP contribution in [0.25, 0.3) is 33.0 Å². The monoisotopic (exact) mass is 452 g/mol. The van der Waals surface area contributed by atoms with Crippen LogP contribution < -0.4 is 14.4 Å². The molecule has 6 rings (SSSR count). The number of benzene rings is 3. The van der Waals surface area contributed by atoms with Crippen LogP contribution in [0, 0.1) is 0 Å². The average molecular weight is 452 g/mol. The number of nitrogens with zero attached hydrogens (tertiary/aromatic N) is 2. The molecule has 3 aromatic carbocycles. The molecule has 7 heteroatoms. The van der Waals surface area contributed by atoms with Crippen molar-refractivity contribution in [3.05, 3.63) is 84.5 Å². The summed E-state index contributed by atoms with van der Waals surface area (Å²) in [5.74, 6) is 1.05. The number of imide groups is 1. The van der Waals surface area contributed by atoms with Crippen molar-refractivity contribution in [3.63, 3.8) is 0 Å². The summed E-state index contributed by atoms with van der Waals surface area (Å²) in [7, 11) is 0. The van der Waals surface area contributed by atoms with Gasteiger partial charge in [-0.2, -0.15) is 0 Å². The molecule has 0 bridgehead atoms. The Morgan fingerprint density at radius 3 is 2.55 bits per heavy atom. The fourth-order valence-corrected chi connectivity index (χ4v) is 4.76. The summed E-state index contributed by atoms with van der Waals surface area (Å²) < 4.78 is 11.4. The molecule has 1 saturated heterocycles. The molecule has 4 aromatic rings. The van der Waals surface area contributed by atoms with Gasteiger partial charge in [-0.05, 0) is 70.1 Å². The number of amides is 2. The molecule has 1 aromatic heterocycles. The summed E-state index contributed by atoms with van der Waals surface area (Å²) in [6.45, 7) is 3.84. The van der Waals surface area contributed by atoms with Crippen LogP contribution in [0.1, 0.15) is 0 Å². The predicted octanol–water partition coefficient (Wildman–Crippen LogP) is 6.01. The molecule has 33 heavy (non-hydrogen) atoms. The lowest BCUT2D eigenvalue weighted by Crippen LogP contribution is -2.27. The Kier molecular flexibility index (Phi) is 4.45. The smallest absolute Gasteiger partial charge is 0.298 e. The molecule has 2 aliphatic rings. The van der Waals surface area contributed by atoms with E-state index in [4.69, 9.17) is 9.47 Å². The highest BCUT2D eigenvalue weighted by Crippen LogP contribution is 2.45. The quantitative estimate of drug-likeness (QED) is 0.355. The Labute approximate surface area is 193 Å². The molecule has 3 heterocycles. The van der Waals surface area contributed by atoms with E-state index in [-0.39, 0.29) is 22.8 Å². The van der Waals surface area contributed by atoms with Gasteiger partial charge in [-0.1, -0.05) is 30.8 Å². The van der Waals surface area contributed by atoms with E-state index in [1.807, 2.05) is 42.5 Å². The molecule has 1 fully saturated rings. The number of ether oxygens (including phenoxy) is 2. The molecule has 160 valence electrons. The molecule has 0 atom stereocenters. The summed E-state index contributed by atoms with van der Waals surface area (Å²) in [5, 5.41) is 1.58. The standard InChI is InChI=1S/C26H16N2O4S/c1-15-25(29)28(26(30)33-15)21-7-6-16-9-17(4-5-18(16)10-21)20-11-22(19-3-2-8-27-13-19)24-23(12-20)31-14-32-24/h2-13H,1,14H2. The minimum Gasteiger partial charge on any atom is -0.454 e. The van der Waals surface area contributed by atoms with Crippen LogP contribution in [-0.2, 0) is 4.79 Å². The number of hydrogen-bond acceptors (Lipinski definition) is 6. The lowest BCUT2D eigenvalue weighted by molar-refractivity contribution is -0.113. The van der Waals surface area contributed by atoms with Crippen molar-refractivity contribution in [1.82, 2.24) is 4.98 Å². The molecule has 0 unspecified atom stereocenters. The summed E-state index contributed by atoms with van der Waals surface area (Å²) >= 11 is 0.862. The van der Waals surface area contributed by atoms with E-state index in [1.165, 1.54) is 4.90 Å². The summed E-state index contributed by atoms with van der Waals surface area (Å²) in [4.78, 5) is 30.1. The molecule has 0 N–H and O–H groups in total. The van der Waals surface area contributed by atoms with Gasteiger partial charge in [0, 0.05) is 23.5 Å². The minimum absolute atomic E-state index is 0.186. The number of aromatic nitrogens is 1. The zero-order valence-electron chi connectivity index (χ0n) is 17.3. The van der Waals surface area contributed by atoms with Gasteiger partial charge < -0.3 is 9.47 Å². The van der Waals surface area contributed by atoms with E-state index >= 15 is 0 Å². The fourth-order valence-electron chi connectivity index (χ4n) is 4.09. The van der Waals surface area contributed by atoms with Crippen LogP contribution in [0.5, 0.6) is 11.5 Å². The van der Waals surface area contributed by atoms with Crippen molar-refractivity contribution < 1.29 is 19.1 Å². The Hall–Kier alpha value is -4.10. The van der Waals surface area contributed by atoms with Crippen LogP contribution in [0.3, 0.4) is 0 Å². The van der Waals surface area contributed by atoms with Gasteiger partial charge in [0.1, 0.15) is 0 Å². The van der Waals surface area contributed by atoms with Gasteiger partial charge in [0.25, 0.3) is 11.1 Å². The van der Waals surface area contributed by atoms with Crippen LogP contribution in [0.2, 0.25) is 0 Å². The van der Waals surface area contributed by atoms with Crippen LogP contribution in [0.15, 0.2) is 84.5 Å². The zero-order valence-corrected chi connectivity index (χ0v) is 18.1. The molecule has 0 aliphatic carbocycles. The second-order valence-electron chi connectivity index (χ2n) is 7.68. The Morgan fingerprint density at radius 1 is 0.909 bits per heavy atom. The fraction of sp³-hybridized carbons (Fsp3) is 0.0385. The predicted molar refractivity (Wildman–Crippen MR) is 128 cm³/mol. The van der Waals surface area contributed by atoms with Crippen molar-refractivity contribution in [1.29, 1.82) is 0 Å². The molecular weight excluding hydrogens is 436 g/mol. The number of pyridine rings is 1. The van der Waals surface area contributed by atoms with Gasteiger partial charge in [-0.25, -0.2) is 4.90 Å². The summed E-state index contributed by atoms with van der Waals surface area (Å²) in [5.41, 5.74) is 4.41. The Morgan fingerprint density at radius 2 is 1.76 bits per heavy atom. The van der Waals surface area contributed by atoms with E-state index in [0.29, 0.717) is 11.4 Å². The summed E-state index contributed by atoms with van der Waals surface area (Å²) in [6.07, 6.45) is 3.54. The zero-order chi connectivity index (χ0) is 22.5. The van der Waals surface area contributed by atoms with Crippen molar-refractivity contribution in [2.75, 3.05) is 11.7 Å². The van der Waals surface area contributed by atoms with Gasteiger partial charge in [0.2, 0.25) is 6.79 Å². The maximum Gasteiger partial charge on any atom is 0.298 e. The summed E-state index contributed by atoms with van der Waals surface area (Å²) in [6, 6.07) is 19.5. The highest BCUT2D eigenvalue weighted by atomic mass is 32.2. The van der Waals surface area contributed by atoms with Crippen LogP contribution in [0.4, 0.5) is 10.5 Å². The number of fused-ring (bicyclic) bond motifs is 2. The normalized spacial score (nSPS) is 15.0. The molecular formula is C26H16N2O4S. The maximum atomic E-state index is 12.3. The highest BCUT2D eigenvalue weighted by molar-refractivity contribution is 8.18. The van der Waals surface area contributed by atoms with E-state index in [9.17, 15) is 9.59 Å². The topological polar surface area (TPSA) is 68.7 Å². The number of anilines is 1. The molecule has 2 amide bonds. The third-order valence-corrected chi connectivity index (χ3v) is 6.47. The second kappa shape index (κ2) is 7.50. The van der Waals surface area contributed by atoms with Gasteiger partial charge in [-0.3, -0.25) is 14.6 Å². The lowest BCUT2D eigenvalue weighted by Gasteiger charge is -2.14. The number of hydrogen-bond donors (Lipinski definition) is 0. The third kappa shape index (κ3) is 3.25. The first kappa shape index (κ1) is 19.6. The first-order valence-corrected chi connectivity index (χ1v) is 11.0. The van der Waals surface area contributed by atoms with Crippen molar-refractivity contribution in [3.8, 4) is 33.8 Å². The molecule has 0 radical (unpaired) electrons. The number of thioether (sulfide) groups is 1. The average Bonchev–Trinajstić information content (AvgIpc) is 3.42. The van der Waals surface area contributed by atoms with Crippen LogP contribution >= 0.6 is 11.8 Å². The van der Waals surface area contributed by atoms with E-state index in [2.05, 4.69) is 23.7 Å². The first-order chi connectivity index (χ1) is 16.1. The van der Waals surface area contributed by atoms with Gasteiger partial charge in [0.15, 0.2) is 11.5 Å². The number of carbonyl (C=O) groups excluding carboxylic acids is 2. The van der Waals surface area contributed by atoms with Crippen LogP contribution in [-0.4, -0.2) is 22.9 Å².